The van der Waals surface area contributed by atoms with Crippen molar-refractivity contribution in [3.8, 4) is 0 Å². The van der Waals surface area contributed by atoms with E-state index in [0.29, 0.717) is 32.2 Å². The monoisotopic (exact) mass is 532 g/mol. The highest BCUT2D eigenvalue weighted by atomic mass is 16.6. The molecule has 0 aromatic rings. The van der Waals surface area contributed by atoms with E-state index in [0.717, 1.165) is 12.8 Å². The van der Waals surface area contributed by atoms with Gasteiger partial charge in [-0.05, 0) is 64.7 Å². The summed E-state index contributed by atoms with van der Waals surface area (Å²) in [6.45, 7) is 20.6. The van der Waals surface area contributed by atoms with Crippen LogP contribution in [-0.4, -0.2) is 81.8 Å². The molecule has 0 radical (unpaired) electrons. The Morgan fingerprint density at radius 3 is 2.45 bits per heavy atom. The van der Waals surface area contributed by atoms with Gasteiger partial charge in [0.1, 0.15) is 17.6 Å². The van der Waals surface area contributed by atoms with Crippen molar-refractivity contribution in [3.05, 3.63) is 25.3 Å². The van der Waals surface area contributed by atoms with Gasteiger partial charge in [-0.25, -0.2) is 0 Å². The second kappa shape index (κ2) is 11.1. The summed E-state index contributed by atoms with van der Waals surface area (Å²) in [4.78, 5) is 45.4. The van der Waals surface area contributed by atoms with Gasteiger partial charge in [-0.2, -0.15) is 0 Å². The Labute approximate surface area is 228 Å². The first-order chi connectivity index (χ1) is 17.7. The van der Waals surface area contributed by atoms with Gasteiger partial charge in [0.25, 0.3) is 0 Å². The molecule has 1 N–H and O–H groups in total. The van der Waals surface area contributed by atoms with E-state index < -0.39 is 40.6 Å². The molecule has 3 saturated heterocycles. The number of aliphatic hydroxyl groups is 1. The number of nitrogens with zero attached hydrogens (tertiary/aromatic N) is 2. The molecule has 8 nitrogen and oxygen atoms in total. The lowest BCUT2D eigenvalue weighted by Crippen LogP contribution is -2.61. The molecule has 2 unspecified atom stereocenters. The first-order valence-corrected chi connectivity index (χ1v) is 14.0. The van der Waals surface area contributed by atoms with E-state index in [1.807, 2.05) is 25.7 Å². The van der Waals surface area contributed by atoms with Crippen molar-refractivity contribution in [1.29, 1.82) is 0 Å². The van der Waals surface area contributed by atoms with Crippen molar-refractivity contribution in [2.24, 2.45) is 17.3 Å². The molecule has 0 aliphatic carbocycles. The SMILES string of the molecule is C=CCCCOC(=O)[C@H]1[C@H]2C(=O)N(CCCO)C(C(=O)N(CC=C)C(C)(C)CC(C)(C)C)C23CC[C@]1(C)O3. The highest BCUT2D eigenvalue weighted by molar-refractivity contribution is 5.98. The van der Waals surface area contributed by atoms with Crippen LogP contribution in [-0.2, 0) is 23.9 Å². The number of unbranched alkanes of at least 4 members (excludes halogenated alkanes) is 1. The summed E-state index contributed by atoms with van der Waals surface area (Å²) in [7, 11) is 0. The molecule has 0 aromatic carbocycles. The smallest absolute Gasteiger partial charge is 0.312 e. The van der Waals surface area contributed by atoms with Crippen LogP contribution in [0.2, 0.25) is 0 Å². The Morgan fingerprint density at radius 1 is 1.18 bits per heavy atom. The predicted molar refractivity (Wildman–Crippen MR) is 146 cm³/mol. The molecule has 1 spiro atoms. The zero-order valence-corrected chi connectivity index (χ0v) is 24.3. The van der Waals surface area contributed by atoms with Crippen LogP contribution in [0.15, 0.2) is 25.3 Å². The molecule has 214 valence electrons. The quantitative estimate of drug-likeness (QED) is 0.220. The highest BCUT2D eigenvalue weighted by Gasteiger charge is 2.78. The summed E-state index contributed by atoms with van der Waals surface area (Å²) < 4.78 is 12.3. The Hall–Kier alpha value is -2.19. The average molecular weight is 533 g/mol. The molecule has 3 aliphatic rings. The lowest BCUT2D eigenvalue weighted by atomic mass is 9.66. The fourth-order valence-corrected chi connectivity index (χ4v) is 7.34. The summed E-state index contributed by atoms with van der Waals surface area (Å²) in [5, 5.41) is 9.58. The maximum atomic E-state index is 14.6. The number of amides is 2. The number of aliphatic hydroxyl groups excluding tert-OH is 1. The van der Waals surface area contributed by atoms with E-state index >= 15 is 0 Å². The number of hydrogen-bond acceptors (Lipinski definition) is 6. The van der Waals surface area contributed by atoms with Crippen LogP contribution >= 0.6 is 0 Å². The van der Waals surface area contributed by atoms with Gasteiger partial charge in [-0.3, -0.25) is 14.4 Å². The van der Waals surface area contributed by atoms with Crippen LogP contribution in [0, 0.1) is 17.3 Å². The third kappa shape index (κ3) is 5.44. The number of allylic oxidation sites excluding steroid dienone is 1. The van der Waals surface area contributed by atoms with Crippen LogP contribution in [0.5, 0.6) is 0 Å². The Bertz CT molecular complexity index is 940. The molecule has 3 heterocycles. The van der Waals surface area contributed by atoms with Crippen molar-refractivity contribution in [1.82, 2.24) is 9.80 Å². The third-order valence-electron chi connectivity index (χ3n) is 8.39. The third-order valence-corrected chi connectivity index (χ3v) is 8.39. The molecule has 5 atom stereocenters. The molecule has 3 aliphatic heterocycles. The molecule has 2 bridgehead atoms. The zero-order valence-electron chi connectivity index (χ0n) is 24.3. The summed E-state index contributed by atoms with van der Waals surface area (Å²) in [5.41, 5.74) is -2.54. The number of likely N-dealkylation sites (tertiary alicyclic amines) is 1. The van der Waals surface area contributed by atoms with Gasteiger partial charge in [0.15, 0.2) is 0 Å². The van der Waals surface area contributed by atoms with E-state index in [-0.39, 0.29) is 37.0 Å². The van der Waals surface area contributed by atoms with Gasteiger partial charge in [0.05, 0.1) is 18.1 Å². The van der Waals surface area contributed by atoms with E-state index in [4.69, 9.17) is 9.47 Å². The number of hydrogen-bond donors (Lipinski definition) is 1. The Kier molecular flexibility index (Phi) is 8.89. The van der Waals surface area contributed by atoms with Gasteiger partial charge >= 0.3 is 5.97 Å². The molecule has 0 aromatic heterocycles. The van der Waals surface area contributed by atoms with Crippen molar-refractivity contribution in [3.63, 3.8) is 0 Å². The Balaban J connectivity index is 2.02. The average Bonchev–Trinajstić information content (AvgIpc) is 3.37. The van der Waals surface area contributed by atoms with Crippen LogP contribution in [0.3, 0.4) is 0 Å². The lowest BCUT2D eigenvalue weighted by Gasteiger charge is -2.45. The summed E-state index contributed by atoms with van der Waals surface area (Å²) in [6.07, 6.45) is 7.02. The van der Waals surface area contributed by atoms with Gasteiger partial charge in [-0.15, -0.1) is 13.2 Å². The zero-order chi connectivity index (χ0) is 28.5. The highest BCUT2D eigenvalue weighted by Crippen LogP contribution is 2.63. The predicted octanol–water partition coefficient (Wildman–Crippen LogP) is 3.87. The minimum atomic E-state index is -1.11. The fraction of sp³-hybridized carbons (Fsp3) is 0.767. The van der Waals surface area contributed by atoms with Crippen LogP contribution in [0.4, 0.5) is 0 Å². The maximum Gasteiger partial charge on any atom is 0.312 e. The first-order valence-electron chi connectivity index (χ1n) is 14.0. The van der Waals surface area contributed by atoms with Crippen molar-refractivity contribution < 1.29 is 29.0 Å². The molecule has 2 amide bonds. The number of fused-ring (bicyclic) bond motifs is 1. The summed E-state index contributed by atoms with van der Waals surface area (Å²) in [5.74, 6) is -2.48. The molecule has 38 heavy (non-hydrogen) atoms. The number of carbonyl (C=O) groups excluding carboxylic acids is 3. The number of esters is 1. The molecular weight excluding hydrogens is 484 g/mol. The molecule has 0 saturated carbocycles. The molecule has 3 fully saturated rings. The molecular formula is C30H48N2O6. The number of carbonyl (C=O) groups is 3. The van der Waals surface area contributed by atoms with Crippen LogP contribution in [0.1, 0.15) is 80.1 Å². The van der Waals surface area contributed by atoms with Crippen molar-refractivity contribution in [2.45, 2.75) is 103 Å². The fourth-order valence-electron chi connectivity index (χ4n) is 7.34. The lowest BCUT2D eigenvalue weighted by molar-refractivity contribution is -0.161. The second-order valence-corrected chi connectivity index (χ2v) is 13.2. The van der Waals surface area contributed by atoms with E-state index in [9.17, 15) is 19.5 Å². The number of ether oxygens (including phenoxy) is 2. The van der Waals surface area contributed by atoms with E-state index in [2.05, 4.69) is 33.9 Å². The van der Waals surface area contributed by atoms with Gasteiger partial charge in [-0.1, -0.05) is 32.9 Å². The molecule has 8 heteroatoms. The van der Waals surface area contributed by atoms with Crippen molar-refractivity contribution in [2.75, 3.05) is 26.3 Å². The maximum absolute atomic E-state index is 14.6. The van der Waals surface area contributed by atoms with E-state index in [1.165, 1.54) is 0 Å². The van der Waals surface area contributed by atoms with Crippen LogP contribution < -0.4 is 0 Å². The first kappa shape index (κ1) is 30.4. The normalized spacial score (nSPS) is 30.3. The minimum Gasteiger partial charge on any atom is -0.465 e. The topological polar surface area (TPSA) is 96.4 Å². The second-order valence-electron chi connectivity index (χ2n) is 13.2. The van der Waals surface area contributed by atoms with Crippen LogP contribution in [0.25, 0.3) is 0 Å². The van der Waals surface area contributed by atoms with Gasteiger partial charge in [0, 0.05) is 25.2 Å². The summed E-state index contributed by atoms with van der Waals surface area (Å²) >= 11 is 0. The summed E-state index contributed by atoms with van der Waals surface area (Å²) in [6, 6.07) is -0.883. The Morgan fingerprint density at radius 2 is 1.87 bits per heavy atom. The molecule has 3 rings (SSSR count). The van der Waals surface area contributed by atoms with Crippen molar-refractivity contribution >= 4 is 17.8 Å². The minimum absolute atomic E-state index is 0.0394. The van der Waals surface area contributed by atoms with E-state index in [1.54, 1.807) is 17.1 Å². The van der Waals surface area contributed by atoms with Gasteiger partial charge in [0.2, 0.25) is 11.8 Å². The van der Waals surface area contributed by atoms with Gasteiger partial charge < -0.3 is 24.4 Å². The standard InChI is InChI=1S/C30H48N2O6/c1-9-11-12-19-37-26(36)22-21-24(34)31(17-13-18-33)23(30(21)15-14-29(22,8)38-30)25(35)32(16-10-2)28(6,7)20-27(3,4)5/h9-10,21-23,33H,1-2,11-20H2,3-8H3/t21-,22+,23?,29-,30?/m0/s1. The number of rotatable bonds is 13. The largest absolute Gasteiger partial charge is 0.465 e.